The zero-order valence-electron chi connectivity index (χ0n) is 18.8. The first-order valence-electron chi connectivity index (χ1n) is 11.2. The van der Waals surface area contributed by atoms with Crippen molar-refractivity contribution in [3.05, 3.63) is 101 Å². The van der Waals surface area contributed by atoms with Crippen LogP contribution in [-0.2, 0) is 12.8 Å². The SMILES string of the molecule is C[C@H](CCc1ccccc1)NC(=O)c1cccc(C(=O)N[C@H](C)CCc2ccccc2)n1. The van der Waals surface area contributed by atoms with Crippen LogP contribution >= 0.6 is 0 Å². The van der Waals surface area contributed by atoms with Gasteiger partial charge in [0, 0.05) is 12.1 Å². The molecule has 32 heavy (non-hydrogen) atoms. The second-order valence-corrected chi connectivity index (χ2v) is 8.21. The van der Waals surface area contributed by atoms with Gasteiger partial charge in [-0.05, 0) is 62.8 Å². The quantitative estimate of drug-likeness (QED) is 0.495. The lowest BCUT2D eigenvalue weighted by Gasteiger charge is -2.15. The number of pyridine rings is 1. The average molecular weight is 430 g/mol. The van der Waals surface area contributed by atoms with Crippen molar-refractivity contribution in [1.82, 2.24) is 15.6 Å². The number of rotatable bonds is 10. The van der Waals surface area contributed by atoms with Crippen LogP contribution in [0, 0.1) is 0 Å². The van der Waals surface area contributed by atoms with Crippen LogP contribution < -0.4 is 10.6 Å². The molecule has 0 radical (unpaired) electrons. The standard InChI is InChI=1S/C27H31N3O2/c1-20(16-18-22-10-5-3-6-11-22)28-26(31)24-14-9-15-25(30-24)27(32)29-21(2)17-19-23-12-7-4-8-13-23/h3-15,20-21H,16-19H2,1-2H3,(H,28,31)(H,29,32)/t20-,21-/m1/s1. The van der Waals surface area contributed by atoms with Crippen molar-refractivity contribution < 1.29 is 9.59 Å². The van der Waals surface area contributed by atoms with Crippen molar-refractivity contribution in [1.29, 1.82) is 0 Å². The second kappa shape index (κ2) is 11.8. The maximum Gasteiger partial charge on any atom is 0.270 e. The molecule has 5 nitrogen and oxygen atoms in total. The van der Waals surface area contributed by atoms with Crippen LogP contribution in [0.15, 0.2) is 78.9 Å². The fraction of sp³-hybridized carbons (Fsp3) is 0.296. The number of nitrogens with zero attached hydrogens (tertiary/aromatic N) is 1. The summed E-state index contributed by atoms with van der Waals surface area (Å²) in [5.41, 5.74) is 2.99. The fourth-order valence-corrected chi connectivity index (χ4v) is 3.48. The molecule has 166 valence electrons. The number of amides is 2. The summed E-state index contributed by atoms with van der Waals surface area (Å²) in [6.07, 6.45) is 3.43. The highest BCUT2D eigenvalue weighted by Gasteiger charge is 2.16. The minimum atomic E-state index is -0.266. The van der Waals surface area contributed by atoms with Gasteiger partial charge in [-0.1, -0.05) is 66.7 Å². The molecular weight excluding hydrogens is 398 g/mol. The van der Waals surface area contributed by atoms with Crippen LogP contribution in [0.5, 0.6) is 0 Å². The van der Waals surface area contributed by atoms with Crippen LogP contribution in [0.2, 0.25) is 0 Å². The van der Waals surface area contributed by atoms with Gasteiger partial charge < -0.3 is 10.6 Å². The van der Waals surface area contributed by atoms with Crippen LogP contribution in [0.3, 0.4) is 0 Å². The highest BCUT2D eigenvalue weighted by atomic mass is 16.2. The van der Waals surface area contributed by atoms with E-state index in [0.29, 0.717) is 0 Å². The number of nitrogens with one attached hydrogen (secondary N) is 2. The average Bonchev–Trinajstić information content (AvgIpc) is 2.83. The van der Waals surface area contributed by atoms with E-state index < -0.39 is 0 Å². The molecule has 0 aliphatic rings. The third kappa shape index (κ3) is 7.34. The summed E-state index contributed by atoms with van der Waals surface area (Å²) in [5, 5.41) is 5.96. The summed E-state index contributed by atoms with van der Waals surface area (Å²) in [4.78, 5) is 29.5. The summed E-state index contributed by atoms with van der Waals surface area (Å²) in [6, 6.07) is 25.3. The highest BCUT2D eigenvalue weighted by Crippen LogP contribution is 2.08. The first-order valence-corrected chi connectivity index (χ1v) is 11.2. The predicted molar refractivity (Wildman–Crippen MR) is 128 cm³/mol. The zero-order chi connectivity index (χ0) is 22.8. The molecular formula is C27H31N3O2. The molecule has 0 fully saturated rings. The minimum Gasteiger partial charge on any atom is -0.348 e. The number of aromatic nitrogens is 1. The Kier molecular flexibility index (Phi) is 8.55. The largest absolute Gasteiger partial charge is 0.348 e. The molecule has 3 rings (SSSR count). The summed E-state index contributed by atoms with van der Waals surface area (Å²) >= 11 is 0. The number of aryl methyl sites for hydroxylation is 2. The van der Waals surface area contributed by atoms with E-state index in [2.05, 4.69) is 39.9 Å². The molecule has 1 heterocycles. The molecule has 2 N–H and O–H groups in total. The van der Waals surface area contributed by atoms with Gasteiger partial charge in [0.15, 0.2) is 0 Å². The third-order valence-corrected chi connectivity index (χ3v) is 5.39. The molecule has 0 unspecified atom stereocenters. The molecule has 2 atom stereocenters. The molecule has 5 heteroatoms. The zero-order valence-corrected chi connectivity index (χ0v) is 18.8. The first-order chi connectivity index (χ1) is 15.5. The number of carbonyl (C=O) groups is 2. The Labute approximate surface area is 190 Å². The van der Waals surface area contributed by atoms with E-state index in [1.807, 2.05) is 50.2 Å². The van der Waals surface area contributed by atoms with Gasteiger partial charge in [0.2, 0.25) is 0 Å². The Bertz CT molecular complexity index is 927. The van der Waals surface area contributed by atoms with Gasteiger partial charge in [0.05, 0.1) is 0 Å². The van der Waals surface area contributed by atoms with Crippen molar-refractivity contribution in [2.75, 3.05) is 0 Å². The molecule has 0 saturated heterocycles. The normalized spacial score (nSPS) is 12.6. The van der Waals surface area contributed by atoms with Crippen molar-refractivity contribution in [2.45, 2.75) is 51.6 Å². The Morgan fingerprint density at radius 1 is 0.656 bits per heavy atom. The van der Waals surface area contributed by atoms with Crippen LogP contribution in [0.25, 0.3) is 0 Å². The number of hydrogen-bond donors (Lipinski definition) is 2. The van der Waals surface area contributed by atoms with E-state index in [-0.39, 0.29) is 35.3 Å². The number of carbonyl (C=O) groups excluding carboxylic acids is 2. The maximum atomic E-state index is 12.6. The second-order valence-electron chi connectivity index (χ2n) is 8.21. The van der Waals surface area contributed by atoms with Gasteiger partial charge in [-0.25, -0.2) is 4.98 Å². The smallest absolute Gasteiger partial charge is 0.270 e. The lowest BCUT2D eigenvalue weighted by molar-refractivity contribution is 0.0929. The molecule has 1 aromatic heterocycles. The molecule has 0 aliphatic heterocycles. The van der Waals surface area contributed by atoms with E-state index in [0.717, 1.165) is 25.7 Å². The van der Waals surface area contributed by atoms with E-state index in [9.17, 15) is 9.59 Å². The van der Waals surface area contributed by atoms with Crippen molar-refractivity contribution in [3.63, 3.8) is 0 Å². The van der Waals surface area contributed by atoms with E-state index in [1.165, 1.54) is 11.1 Å². The molecule has 0 aliphatic carbocycles. The van der Waals surface area contributed by atoms with Gasteiger partial charge in [0.25, 0.3) is 11.8 Å². The van der Waals surface area contributed by atoms with Crippen molar-refractivity contribution >= 4 is 11.8 Å². The van der Waals surface area contributed by atoms with Gasteiger partial charge >= 0.3 is 0 Å². The monoisotopic (exact) mass is 429 g/mol. The topological polar surface area (TPSA) is 71.1 Å². The van der Waals surface area contributed by atoms with Gasteiger partial charge in [-0.15, -0.1) is 0 Å². The van der Waals surface area contributed by atoms with Crippen LogP contribution in [0.1, 0.15) is 58.8 Å². The summed E-state index contributed by atoms with van der Waals surface area (Å²) in [7, 11) is 0. The third-order valence-electron chi connectivity index (χ3n) is 5.39. The molecule has 2 amide bonds. The first kappa shape index (κ1) is 23.2. The maximum absolute atomic E-state index is 12.6. The Balaban J connectivity index is 1.49. The number of benzene rings is 2. The van der Waals surface area contributed by atoms with Crippen LogP contribution in [-0.4, -0.2) is 28.9 Å². The Morgan fingerprint density at radius 2 is 1.06 bits per heavy atom. The van der Waals surface area contributed by atoms with Gasteiger partial charge in [0.1, 0.15) is 11.4 Å². The fourth-order valence-electron chi connectivity index (χ4n) is 3.48. The van der Waals surface area contributed by atoms with Crippen LogP contribution in [0.4, 0.5) is 0 Å². The highest BCUT2D eigenvalue weighted by molar-refractivity contribution is 5.96. The Morgan fingerprint density at radius 3 is 1.47 bits per heavy atom. The van der Waals surface area contributed by atoms with E-state index >= 15 is 0 Å². The van der Waals surface area contributed by atoms with Crippen molar-refractivity contribution in [3.8, 4) is 0 Å². The number of hydrogen-bond acceptors (Lipinski definition) is 3. The lowest BCUT2D eigenvalue weighted by Crippen LogP contribution is -2.35. The predicted octanol–water partition coefficient (Wildman–Crippen LogP) is 4.58. The molecule has 3 aromatic rings. The molecule has 0 spiro atoms. The molecule has 0 bridgehead atoms. The lowest BCUT2D eigenvalue weighted by atomic mass is 10.1. The summed E-state index contributed by atoms with van der Waals surface area (Å²) in [5.74, 6) is -0.533. The van der Waals surface area contributed by atoms with Gasteiger partial charge in [-0.3, -0.25) is 9.59 Å². The minimum absolute atomic E-state index is 0.00000226. The van der Waals surface area contributed by atoms with Crippen molar-refractivity contribution in [2.24, 2.45) is 0 Å². The molecule has 2 aromatic carbocycles. The summed E-state index contributed by atoms with van der Waals surface area (Å²) < 4.78 is 0. The Hall–Kier alpha value is -3.47. The molecule has 0 saturated carbocycles. The van der Waals surface area contributed by atoms with Gasteiger partial charge in [-0.2, -0.15) is 0 Å². The van der Waals surface area contributed by atoms with E-state index in [1.54, 1.807) is 18.2 Å². The van der Waals surface area contributed by atoms with E-state index in [4.69, 9.17) is 0 Å². The summed E-state index contributed by atoms with van der Waals surface area (Å²) in [6.45, 7) is 3.96.